The van der Waals surface area contributed by atoms with Gasteiger partial charge in [-0.3, -0.25) is 5.84 Å². The Labute approximate surface area is 42.8 Å². The van der Waals surface area contributed by atoms with Gasteiger partial charge in [0, 0.05) is 0 Å². The number of rotatable bonds is 1. The molecule has 1 aliphatic heterocycles. The molecule has 1 fully saturated rings. The highest BCUT2D eigenvalue weighted by atomic mass is 16.5. The SMILES string of the molecule is CC1(NN)COC1. The summed E-state index contributed by atoms with van der Waals surface area (Å²) in [6.07, 6.45) is 0. The van der Waals surface area contributed by atoms with Crippen LogP contribution in [0, 0.1) is 0 Å². The van der Waals surface area contributed by atoms with E-state index in [9.17, 15) is 0 Å². The molecule has 3 N–H and O–H groups in total. The number of nitrogens with two attached hydrogens (primary N) is 1. The standard InChI is InChI=1S/C4H10N2O/c1-4(6-5)2-7-3-4/h6H,2-3,5H2,1H3. The van der Waals surface area contributed by atoms with Crippen LogP contribution in [0.2, 0.25) is 0 Å². The second-order valence-corrected chi connectivity index (χ2v) is 2.20. The van der Waals surface area contributed by atoms with Crippen molar-refractivity contribution in [3.63, 3.8) is 0 Å². The molecule has 3 nitrogen and oxygen atoms in total. The average molecular weight is 102 g/mol. The summed E-state index contributed by atoms with van der Waals surface area (Å²) >= 11 is 0. The molecule has 0 unspecified atom stereocenters. The molecule has 3 heteroatoms. The minimum atomic E-state index is 0.0694. The summed E-state index contributed by atoms with van der Waals surface area (Å²) < 4.78 is 4.89. The molecule has 0 atom stereocenters. The van der Waals surface area contributed by atoms with Crippen LogP contribution in [-0.2, 0) is 4.74 Å². The van der Waals surface area contributed by atoms with Gasteiger partial charge in [0.25, 0.3) is 0 Å². The van der Waals surface area contributed by atoms with Crippen LogP contribution in [0.1, 0.15) is 6.92 Å². The summed E-state index contributed by atoms with van der Waals surface area (Å²) in [5.41, 5.74) is 2.72. The van der Waals surface area contributed by atoms with E-state index in [2.05, 4.69) is 5.43 Å². The minimum Gasteiger partial charge on any atom is -0.377 e. The maximum absolute atomic E-state index is 5.14. The number of ether oxygens (including phenoxy) is 1. The highest BCUT2D eigenvalue weighted by molar-refractivity contribution is 4.86. The van der Waals surface area contributed by atoms with Gasteiger partial charge in [-0.25, -0.2) is 5.43 Å². The van der Waals surface area contributed by atoms with Crippen molar-refractivity contribution < 1.29 is 4.74 Å². The van der Waals surface area contributed by atoms with E-state index in [1.165, 1.54) is 0 Å². The first-order valence-corrected chi connectivity index (χ1v) is 2.32. The van der Waals surface area contributed by atoms with Crippen molar-refractivity contribution in [2.24, 2.45) is 5.84 Å². The molecule has 0 bridgehead atoms. The molecule has 1 heterocycles. The first-order valence-electron chi connectivity index (χ1n) is 2.32. The van der Waals surface area contributed by atoms with Crippen molar-refractivity contribution in [3.8, 4) is 0 Å². The van der Waals surface area contributed by atoms with Gasteiger partial charge in [0.1, 0.15) is 0 Å². The molecule has 1 aliphatic rings. The van der Waals surface area contributed by atoms with Crippen LogP contribution in [0.4, 0.5) is 0 Å². The molecule has 7 heavy (non-hydrogen) atoms. The van der Waals surface area contributed by atoms with Crippen LogP contribution >= 0.6 is 0 Å². The lowest BCUT2D eigenvalue weighted by Gasteiger charge is -2.36. The minimum absolute atomic E-state index is 0.0694. The summed E-state index contributed by atoms with van der Waals surface area (Å²) in [7, 11) is 0. The summed E-state index contributed by atoms with van der Waals surface area (Å²) in [6, 6.07) is 0. The zero-order chi connectivity index (χ0) is 5.33. The summed E-state index contributed by atoms with van der Waals surface area (Å²) in [4.78, 5) is 0. The second-order valence-electron chi connectivity index (χ2n) is 2.20. The number of hydrazine groups is 1. The van der Waals surface area contributed by atoms with Gasteiger partial charge in [0.2, 0.25) is 0 Å². The van der Waals surface area contributed by atoms with E-state index in [-0.39, 0.29) is 5.54 Å². The fourth-order valence-corrected chi connectivity index (χ4v) is 0.492. The molecule has 0 amide bonds. The molecule has 42 valence electrons. The number of nitrogens with one attached hydrogen (secondary N) is 1. The van der Waals surface area contributed by atoms with E-state index >= 15 is 0 Å². The van der Waals surface area contributed by atoms with Crippen molar-refractivity contribution in [2.45, 2.75) is 12.5 Å². The summed E-state index contributed by atoms with van der Waals surface area (Å²) in [5.74, 6) is 5.14. The zero-order valence-electron chi connectivity index (χ0n) is 4.40. The Hall–Kier alpha value is -0.120. The van der Waals surface area contributed by atoms with E-state index in [4.69, 9.17) is 10.6 Å². The largest absolute Gasteiger partial charge is 0.377 e. The van der Waals surface area contributed by atoms with Gasteiger partial charge in [-0.1, -0.05) is 0 Å². The topological polar surface area (TPSA) is 47.3 Å². The Kier molecular flexibility index (Phi) is 1.03. The van der Waals surface area contributed by atoms with Gasteiger partial charge in [0.15, 0.2) is 0 Å². The van der Waals surface area contributed by atoms with Crippen LogP contribution in [0.15, 0.2) is 0 Å². The van der Waals surface area contributed by atoms with Gasteiger partial charge in [-0.2, -0.15) is 0 Å². The highest BCUT2D eigenvalue weighted by Crippen LogP contribution is 2.12. The van der Waals surface area contributed by atoms with Crippen LogP contribution in [0.5, 0.6) is 0 Å². The zero-order valence-corrected chi connectivity index (χ0v) is 4.40. The smallest absolute Gasteiger partial charge is 0.0758 e. The van der Waals surface area contributed by atoms with Crippen molar-refractivity contribution in [1.82, 2.24) is 5.43 Å². The third-order valence-electron chi connectivity index (χ3n) is 1.19. The lowest BCUT2D eigenvalue weighted by Crippen LogP contribution is -2.60. The summed E-state index contributed by atoms with van der Waals surface area (Å²) in [6.45, 7) is 3.50. The third kappa shape index (κ3) is 0.748. The maximum atomic E-state index is 5.14. The van der Waals surface area contributed by atoms with Gasteiger partial charge in [0.05, 0.1) is 18.8 Å². The fourth-order valence-electron chi connectivity index (χ4n) is 0.492. The molecule has 1 saturated heterocycles. The first-order chi connectivity index (χ1) is 3.27. The quantitative estimate of drug-likeness (QED) is 0.338. The molecule has 0 spiro atoms. The van der Waals surface area contributed by atoms with E-state index in [0.717, 1.165) is 13.2 Å². The Morgan fingerprint density at radius 2 is 2.29 bits per heavy atom. The van der Waals surface area contributed by atoms with E-state index in [1.54, 1.807) is 0 Å². The van der Waals surface area contributed by atoms with Crippen molar-refractivity contribution in [2.75, 3.05) is 13.2 Å². The Balaban J connectivity index is 2.29. The lowest BCUT2D eigenvalue weighted by atomic mass is 10.0. The van der Waals surface area contributed by atoms with Gasteiger partial charge >= 0.3 is 0 Å². The van der Waals surface area contributed by atoms with Crippen LogP contribution in [0.3, 0.4) is 0 Å². The molecule has 0 radical (unpaired) electrons. The van der Waals surface area contributed by atoms with Crippen LogP contribution < -0.4 is 11.3 Å². The van der Waals surface area contributed by atoms with Crippen LogP contribution in [0.25, 0.3) is 0 Å². The monoisotopic (exact) mass is 102 g/mol. The van der Waals surface area contributed by atoms with Gasteiger partial charge in [-0.05, 0) is 6.92 Å². The number of hydrogen-bond acceptors (Lipinski definition) is 3. The third-order valence-corrected chi connectivity index (χ3v) is 1.19. The van der Waals surface area contributed by atoms with Crippen molar-refractivity contribution in [3.05, 3.63) is 0 Å². The first kappa shape index (κ1) is 5.03. The highest BCUT2D eigenvalue weighted by Gasteiger charge is 2.31. The molecule has 0 aromatic heterocycles. The molecule has 0 aromatic carbocycles. The molecule has 0 aromatic rings. The van der Waals surface area contributed by atoms with Crippen molar-refractivity contribution in [1.29, 1.82) is 0 Å². The van der Waals surface area contributed by atoms with E-state index < -0.39 is 0 Å². The van der Waals surface area contributed by atoms with E-state index in [1.807, 2.05) is 6.92 Å². The van der Waals surface area contributed by atoms with Gasteiger partial charge in [-0.15, -0.1) is 0 Å². The Morgan fingerprint density at radius 1 is 1.71 bits per heavy atom. The molecule has 1 rings (SSSR count). The van der Waals surface area contributed by atoms with E-state index in [0.29, 0.717) is 0 Å². The molecule has 0 aliphatic carbocycles. The molecular formula is C4H10N2O. The fraction of sp³-hybridized carbons (Fsp3) is 1.00. The second kappa shape index (κ2) is 1.43. The Bertz CT molecular complexity index is 64.6. The van der Waals surface area contributed by atoms with Crippen molar-refractivity contribution >= 4 is 0 Å². The van der Waals surface area contributed by atoms with Gasteiger partial charge < -0.3 is 4.74 Å². The van der Waals surface area contributed by atoms with Crippen LogP contribution in [-0.4, -0.2) is 18.8 Å². The lowest BCUT2D eigenvalue weighted by molar-refractivity contribution is -0.0640. The number of hydrogen-bond donors (Lipinski definition) is 2. The predicted molar refractivity (Wildman–Crippen MR) is 26.5 cm³/mol. The molecule has 0 saturated carbocycles. The Morgan fingerprint density at radius 3 is 2.29 bits per heavy atom. The molecular weight excluding hydrogens is 92.1 g/mol. The normalized spacial score (nSPS) is 26.6. The summed E-state index contributed by atoms with van der Waals surface area (Å²) in [5, 5.41) is 0. The average Bonchev–Trinajstić information content (AvgIpc) is 1.61. The predicted octanol–water partition coefficient (Wildman–Crippen LogP) is -0.761. The maximum Gasteiger partial charge on any atom is 0.0758 e.